The lowest BCUT2D eigenvalue weighted by Crippen LogP contribution is -2.49. The topological polar surface area (TPSA) is 58.6 Å². The summed E-state index contributed by atoms with van der Waals surface area (Å²) in [5, 5.41) is 2.98. The Morgan fingerprint density at radius 3 is 2.60 bits per heavy atom. The lowest BCUT2D eigenvalue weighted by atomic mass is 10.0. The molecule has 2 unspecified atom stereocenters. The van der Waals surface area contributed by atoms with Crippen molar-refractivity contribution in [2.75, 3.05) is 19.7 Å². The van der Waals surface area contributed by atoms with Crippen LogP contribution in [0.4, 0.5) is 0 Å². The van der Waals surface area contributed by atoms with Crippen LogP contribution >= 0.6 is 0 Å². The molecule has 1 aromatic rings. The SMILES string of the molecule is O=C(CCC1CCCO1)NC(Cc1ccccc1)C(=O)N1CCCC1. The third-order valence-electron chi connectivity index (χ3n) is 5.05. The molecule has 0 spiro atoms. The fourth-order valence-corrected chi connectivity index (χ4v) is 3.64. The molecule has 2 amide bonds. The Morgan fingerprint density at radius 1 is 1.16 bits per heavy atom. The first kappa shape index (κ1) is 17.9. The molecule has 0 radical (unpaired) electrons. The minimum Gasteiger partial charge on any atom is -0.378 e. The standard InChI is InChI=1S/C20H28N2O3/c23-19(11-10-17-9-6-14-25-17)21-18(15-16-7-2-1-3-8-16)20(24)22-12-4-5-13-22/h1-3,7-8,17-18H,4-6,9-15H2,(H,21,23). The predicted octanol–water partition coefficient (Wildman–Crippen LogP) is 2.30. The van der Waals surface area contributed by atoms with Crippen molar-refractivity contribution >= 4 is 11.8 Å². The van der Waals surface area contributed by atoms with Crippen LogP contribution in [-0.2, 0) is 20.7 Å². The molecule has 0 aliphatic carbocycles. The van der Waals surface area contributed by atoms with Crippen molar-refractivity contribution < 1.29 is 14.3 Å². The Balaban J connectivity index is 1.58. The summed E-state index contributed by atoms with van der Waals surface area (Å²) >= 11 is 0. The summed E-state index contributed by atoms with van der Waals surface area (Å²) in [6.45, 7) is 2.40. The van der Waals surface area contributed by atoms with Gasteiger partial charge < -0.3 is 15.0 Å². The van der Waals surface area contributed by atoms with E-state index in [1.807, 2.05) is 35.2 Å². The highest BCUT2D eigenvalue weighted by Crippen LogP contribution is 2.17. The monoisotopic (exact) mass is 344 g/mol. The van der Waals surface area contributed by atoms with E-state index in [1.165, 1.54) is 0 Å². The number of hydrogen-bond donors (Lipinski definition) is 1. The van der Waals surface area contributed by atoms with E-state index in [2.05, 4.69) is 5.32 Å². The first-order chi connectivity index (χ1) is 12.2. The number of amides is 2. The number of nitrogens with zero attached hydrogens (tertiary/aromatic N) is 1. The Hall–Kier alpha value is -1.88. The maximum atomic E-state index is 12.8. The van der Waals surface area contributed by atoms with Crippen LogP contribution in [0.3, 0.4) is 0 Å². The molecule has 1 aromatic carbocycles. The van der Waals surface area contributed by atoms with E-state index in [0.717, 1.165) is 57.4 Å². The average Bonchev–Trinajstić information content (AvgIpc) is 3.33. The summed E-state index contributed by atoms with van der Waals surface area (Å²) < 4.78 is 5.58. The highest BCUT2D eigenvalue weighted by atomic mass is 16.5. The quantitative estimate of drug-likeness (QED) is 0.826. The minimum absolute atomic E-state index is 0.0480. The van der Waals surface area contributed by atoms with Gasteiger partial charge in [-0.3, -0.25) is 9.59 Å². The Labute approximate surface area is 149 Å². The predicted molar refractivity (Wildman–Crippen MR) is 96.1 cm³/mol. The molecule has 0 bridgehead atoms. The molecule has 25 heavy (non-hydrogen) atoms. The smallest absolute Gasteiger partial charge is 0.245 e. The van der Waals surface area contributed by atoms with Crippen LogP contribution in [0, 0.1) is 0 Å². The van der Waals surface area contributed by atoms with E-state index in [4.69, 9.17) is 4.74 Å². The Kier molecular flexibility index (Phi) is 6.45. The van der Waals surface area contributed by atoms with Gasteiger partial charge in [0.15, 0.2) is 0 Å². The second-order valence-electron chi connectivity index (χ2n) is 7.02. The fourth-order valence-electron chi connectivity index (χ4n) is 3.64. The molecule has 136 valence electrons. The highest BCUT2D eigenvalue weighted by molar-refractivity contribution is 5.88. The van der Waals surface area contributed by atoms with Crippen molar-refractivity contribution in [1.82, 2.24) is 10.2 Å². The Morgan fingerprint density at radius 2 is 1.92 bits per heavy atom. The van der Waals surface area contributed by atoms with Crippen LogP contribution in [0.25, 0.3) is 0 Å². The molecular weight excluding hydrogens is 316 g/mol. The summed E-state index contributed by atoms with van der Waals surface area (Å²) in [6.07, 6.45) is 6.12. The second kappa shape index (κ2) is 8.99. The number of likely N-dealkylation sites (tertiary alicyclic amines) is 1. The van der Waals surface area contributed by atoms with Crippen molar-refractivity contribution in [3.8, 4) is 0 Å². The van der Waals surface area contributed by atoms with Crippen molar-refractivity contribution in [3.63, 3.8) is 0 Å². The zero-order valence-electron chi connectivity index (χ0n) is 14.8. The number of carbonyl (C=O) groups is 2. The average molecular weight is 344 g/mol. The lowest BCUT2D eigenvalue weighted by Gasteiger charge is -2.24. The summed E-state index contributed by atoms with van der Waals surface area (Å²) in [6, 6.07) is 9.42. The fraction of sp³-hybridized carbons (Fsp3) is 0.600. The summed E-state index contributed by atoms with van der Waals surface area (Å²) in [4.78, 5) is 27.1. The van der Waals surface area contributed by atoms with Gasteiger partial charge in [-0.2, -0.15) is 0 Å². The molecule has 0 aromatic heterocycles. The van der Waals surface area contributed by atoms with Gasteiger partial charge in [-0.05, 0) is 37.7 Å². The molecule has 1 N–H and O–H groups in total. The van der Waals surface area contributed by atoms with Crippen molar-refractivity contribution in [2.45, 2.75) is 57.1 Å². The van der Waals surface area contributed by atoms with Crippen molar-refractivity contribution in [3.05, 3.63) is 35.9 Å². The molecule has 2 aliphatic heterocycles. The largest absolute Gasteiger partial charge is 0.378 e. The Bertz CT molecular complexity index is 564. The molecule has 3 rings (SSSR count). The first-order valence-corrected chi connectivity index (χ1v) is 9.46. The van der Waals surface area contributed by atoms with E-state index < -0.39 is 6.04 Å². The van der Waals surface area contributed by atoms with E-state index in [9.17, 15) is 9.59 Å². The van der Waals surface area contributed by atoms with E-state index in [1.54, 1.807) is 0 Å². The highest BCUT2D eigenvalue weighted by Gasteiger charge is 2.28. The maximum Gasteiger partial charge on any atom is 0.245 e. The summed E-state index contributed by atoms with van der Waals surface area (Å²) in [7, 11) is 0. The molecular formula is C20H28N2O3. The van der Waals surface area contributed by atoms with E-state index in [0.29, 0.717) is 12.8 Å². The van der Waals surface area contributed by atoms with Crippen LogP contribution in [0.15, 0.2) is 30.3 Å². The minimum atomic E-state index is -0.475. The van der Waals surface area contributed by atoms with Gasteiger partial charge in [0.1, 0.15) is 6.04 Å². The maximum absolute atomic E-state index is 12.8. The molecule has 2 atom stereocenters. The van der Waals surface area contributed by atoms with Crippen molar-refractivity contribution in [2.24, 2.45) is 0 Å². The molecule has 2 fully saturated rings. The van der Waals surface area contributed by atoms with Gasteiger partial charge in [0.25, 0.3) is 0 Å². The molecule has 2 heterocycles. The normalized spacial score (nSPS) is 21.3. The van der Waals surface area contributed by atoms with Crippen LogP contribution in [0.2, 0.25) is 0 Å². The number of nitrogens with one attached hydrogen (secondary N) is 1. The summed E-state index contributed by atoms with van der Waals surface area (Å²) in [5.74, 6) is -0.00389. The van der Waals surface area contributed by atoms with E-state index in [-0.39, 0.29) is 17.9 Å². The van der Waals surface area contributed by atoms with Gasteiger partial charge in [0, 0.05) is 32.5 Å². The first-order valence-electron chi connectivity index (χ1n) is 9.46. The molecule has 5 nitrogen and oxygen atoms in total. The van der Waals surface area contributed by atoms with Gasteiger partial charge in [-0.1, -0.05) is 30.3 Å². The zero-order valence-corrected chi connectivity index (χ0v) is 14.8. The number of benzene rings is 1. The number of carbonyl (C=O) groups excluding carboxylic acids is 2. The molecule has 2 saturated heterocycles. The van der Waals surface area contributed by atoms with Crippen LogP contribution in [0.5, 0.6) is 0 Å². The third-order valence-corrected chi connectivity index (χ3v) is 5.05. The summed E-state index contributed by atoms with van der Waals surface area (Å²) in [5.41, 5.74) is 1.07. The number of ether oxygens (including phenoxy) is 1. The van der Waals surface area contributed by atoms with E-state index >= 15 is 0 Å². The lowest BCUT2D eigenvalue weighted by molar-refractivity contribution is -0.135. The third kappa shape index (κ3) is 5.30. The van der Waals surface area contributed by atoms with Gasteiger partial charge >= 0.3 is 0 Å². The zero-order chi connectivity index (χ0) is 17.5. The molecule has 0 saturated carbocycles. The number of hydrogen-bond acceptors (Lipinski definition) is 3. The van der Waals surface area contributed by atoms with Gasteiger partial charge in [-0.25, -0.2) is 0 Å². The van der Waals surface area contributed by atoms with Gasteiger partial charge in [0.2, 0.25) is 11.8 Å². The molecule has 5 heteroatoms. The van der Waals surface area contributed by atoms with Crippen molar-refractivity contribution in [1.29, 1.82) is 0 Å². The van der Waals surface area contributed by atoms with Crippen LogP contribution in [0.1, 0.15) is 44.1 Å². The molecule has 2 aliphatic rings. The van der Waals surface area contributed by atoms with Gasteiger partial charge in [-0.15, -0.1) is 0 Å². The number of rotatable bonds is 7. The second-order valence-corrected chi connectivity index (χ2v) is 7.02. The van der Waals surface area contributed by atoms with Crippen LogP contribution < -0.4 is 5.32 Å². The van der Waals surface area contributed by atoms with Gasteiger partial charge in [0.05, 0.1) is 6.10 Å². The van der Waals surface area contributed by atoms with Crippen LogP contribution in [-0.4, -0.2) is 48.6 Å².